The lowest BCUT2D eigenvalue weighted by Crippen LogP contribution is -2.19. The molecule has 0 amide bonds. The molecule has 1 aromatic heterocycles. The Bertz CT molecular complexity index is 577. The molecule has 0 bridgehead atoms. The first-order chi connectivity index (χ1) is 9.17. The van der Waals surface area contributed by atoms with Crippen LogP contribution in [0.4, 0.5) is 13.2 Å². The van der Waals surface area contributed by atoms with Crippen LogP contribution in [0.2, 0.25) is 0 Å². The number of hydrogen-bond donors (Lipinski definition) is 0. The zero-order chi connectivity index (χ0) is 15.0. The van der Waals surface area contributed by atoms with Gasteiger partial charge in [0.05, 0.1) is 5.69 Å². The second kappa shape index (κ2) is 4.96. The van der Waals surface area contributed by atoms with Gasteiger partial charge in [0.15, 0.2) is 0 Å². The molecular weight excluding hydrogens is 265 g/mol. The van der Waals surface area contributed by atoms with E-state index in [1.807, 2.05) is 51.1 Å². The Morgan fingerprint density at radius 2 is 1.65 bits per heavy atom. The van der Waals surface area contributed by atoms with Crippen LogP contribution in [0.25, 0.3) is 11.1 Å². The van der Waals surface area contributed by atoms with Crippen molar-refractivity contribution < 1.29 is 13.2 Å². The predicted molar refractivity (Wildman–Crippen MR) is 72.4 cm³/mol. The maximum atomic E-state index is 12.5. The number of aromatic nitrogens is 2. The fourth-order valence-electron chi connectivity index (χ4n) is 2.07. The summed E-state index contributed by atoms with van der Waals surface area (Å²) in [5.74, 6) is 0. The molecule has 0 unspecified atom stereocenters. The van der Waals surface area contributed by atoms with Crippen molar-refractivity contribution in [2.75, 3.05) is 0 Å². The fourth-order valence-corrected chi connectivity index (χ4v) is 2.07. The third kappa shape index (κ3) is 3.40. The first-order valence-corrected chi connectivity index (χ1v) is 6.37. The van der Waals surface area contributed by atoms with Gasteiger partial charge in [-0.15, -0.1) is 0 Å². The third-order valence-corrected chi connectivity index (χ3v) is 2.90. The Morgan fingerprint density at radius 1 is 1.05 bits per heavy atom. The van der Waals surface area contributed by atoms with Crippen LogP contribution in [0.15, 0.2) is 36.5 Å². The summed E-state index contributed by atoms with van der Waals surface area (Å²) in [7, 11) is 0. The number of nitrogens with zero attached hydrogens (tertiary/aromatic N) is 2. The van der Waals surface area contributed by atoms with Crippen molar-refractivity contribution in [2.45, 2.75) is 38.9 Å². The highest BCUT2D eigenvalue weighted by Crippen LogP contribution is 2.32. The minimum Gasteiger partial charge on any atom is -0.263 e. The van der Waals surface area contributed by atoms with Crippen molar-refractivity contribution in [3.05, 3.63) is 42.2 Å². The lowest BCUT2D eigenvalue weighted by molar-refractivity contribution is -0.142. The predicted octanol–water partition coefficient (Wildman–Crippen LogP) is 4.41. The molecule has 0 saturated carbocycles. The van der Waals surface area contributed by atoms with Gasteiger partial charge in [-0.2, -0.15) is 18.3 Å². The van der Waals surface area contributed by atoms with Crippen LogP contribution >= 0.6 is 0 Å². The van der Waals surface area contributed by atoms with E-state index in [0.717, 1.165) is 15.8 Å². The molecule has 20 heavy (non-hydrogen) atoms. The van der Waals surface area contributed by atoms with Crippen LogP contribution in [0.5, 0.6) is 0 Å². The maximum absolute atomic E-state index is 12.5. The van der Waals surface area contributed by atoms with Crippen molar-refractivity contribution in [3.63, 3.8) is 0 Å². The molecule has 2 nitrogen and oxygen atoms in total. The van der Waals surface area contributed by atoms with Gasteiger partial charge < -0.3 is 0 Å². The monoisotopic (exact) mass is 282 g/mol. The molecule has 0 aliphatic rings. The van der Waals surface area contributed by atoms with Gasteiger partial charge in [-0.05, 0) is 5.56 Å². The number of rotatable bonds is 2. The van der Waals surface area contributed by atoms with E-state index in [1.165, 1.54) is 6.20 Å². The smallest absolute Gasteiger partial charge is 0.263 e. The minimum atomic E-state index is -4.27. The van der Waals surface area contributed by atoms with Crippen LogP contribution in [0.3, 0.4) is 0 Å². The molecule has 0 atom stereocenters. The summed E-state index contributed by atoms with van der Waals surface area (Å²) in [6.45, 7) is 4.77. The lowest BCUT2D eigenvalue weighted by atomic mass is 9.87. The van der Waals surface area contributed by atoms with E-state index in [9.17, 15) is 13.2 Å². The van der Waals surface area contributed by atoms with Crippen molar-refractivity contribution in [2.24, 2.45) is 0 Å². The molecular formula is C15H17F3N2. The van der Waals surface area contributed by atoms with Crippen LogP contribution in [-0.2, 0) is 12.0 Å². The Hall–Kier alpha value is -1.78. The Kier molecular flexibility index (Phi) is 3.63. The minimum absolute atomic E-state index is 0.317. The van der Waals surface area contributed by atoms with Gasteiger partial charge in [-0.3, -0.25) is 4.68 Å². The highest BCUT2D eigenvalue weighted by molar-refractivity contribution is 5.66. The van der Waals surface area contributed by atoms with Crippen LogP contribution < -0.4 is 0 Å². The fraction of sp³-hybridized carbons (Fsp3) is 0.400. The summed E-state index contributed by atoms with van der Waals surface area (Å²) < 4.78 is 38.5. The van der Waals surface area contributed by atoms with Gasteiger partial charge in [0, 0.05) is 17.2 Å². The van der Waals surface area contributed by atoms with Crippen molar-refractivity contribution in [1.82, 2.24) is 9.78 Å². The molecule has 0 aliphatic carbocycles. The largest absolute Gasteiger partial charge is 0.408 e. The molecule has 1 aromatic carbocycles. The van der Waals surface area contributed by atoms with Gasteiger partial charge in [-0.1, -0.05) is 51.1 Å². The number of alkyl halides is 3. The van der Waals surface area contributed by atoms with E-state index in [-0.39, 0.29) is 5.41 Å². The molecule has 0 spiro atoms. The van der Waals surface area contributed by atoms with Gasteiger partial charge in [-0.25, -0.2) is 0 Å². The quantitative estimate of drug-likeness (QED) is 0.797. The van der Waals surface area contributed by atoms with E-state index in [2.05, 4.69) is 5.10 Å². The average Bonchev–Trinajstić information content (AvgIpc) is 2.71. The summed E-state index contributed by atoms with van der Waals surface area (Å²) in [4.78, 5) is 0. The molecule has 1 heterocycles. The van der Waals surface area contributed by atoms with Gasteiger partial charge in [0.1, 0.15) is 6.54 Å². The van der Waals surface area contributed by atoms with Crippen molar-refractivity contribution in [3.8, 4) is 11.1 Å². The summed E-state index contributed by atoms with van der Waals surface area (Å²) >= 11 is 0. The number of hydrogen-bond acceptors (Lipinski definition) is 1. The first-order valence-electron chi connectivity index (χ1n) is 6.37. The third-order valence-electron chi connectivity index (χ3n) is 2.90. The number of halogens is 3. The van der Waals surface area contributed by atoms with Gasteiger partial charge in [0.2, 0.25) is 0 Å². The summed E-state index contributed by atoms with van der Waals surface area (Å²) in [5, 5.41) is 4.14. The molecule has 0 aliphatic heterocycles. The standard InChI is InChI=1S/C15H17F3N2/c1-14(2,3)13-12(11-7-5-4-6-8-11)9-20(19-13)10-15(16,17)18/h4-9H,10H2,1-3H3. The molecule has 5 heteroatoms. The highest BCUT2D eigenvalue weighted by Gasteiger charge is 2.30. The normalized spacial score (nSPS) is 12.7. The summed E-state index contributed by atoms with van der Waals surface area (Å²) in [6.07, 6.45) is -2.79. The van der Waals surface area contributed by atoms with Crippen LogP contribution in [0.1, 0.15) is 26.5 Å². The second-order valence-electron chi connectivity index (χ2n) is 5.82. The molecule has 0 radical (unpaired) electrons. The summed E-state index contributed by atoms with van der Waals surface area (Å²) in [5.41, 5.74) is 1.99. The Balaban J connectivity index is 2.50. The Morgan fingerprint density at radius 3 is 2.15 bits per heavy atom. The lowest BCUT2D eigenvalue weighted by Gasteiger charge is -2.17. The summed E-state index contributed by atoms with van der Waals surface area (Å²) in [6, 6.07) is 9.36. The van der Waals surface area contributed by atoms with E-state index in [1.54, 1.807) is 0 Å². The highest BCUT2D eigenvalue weighted by atomic mass is 19.4. The molecule has 108 valence electrons. The average molecular weight is 282 g/mol. The van der Waals surface area contributed by atoms with Crippen LogP contribution in [0, 0.1) is 0 Å². The molecule has 2 aromatic rings. The zero-order valence-electron chi connectivity index (χ0n) is 11.7. The van der Waals surface area contributed by atoms with Gasteiger partial charge >= 0.3 is 6.18 Å². The van der Waals surface area contributed by atoms with E-state index in [0.29, 0.717) is 5.69 Å². The van der Waals surface area contributed by atoms with E-state index >= 15 is 0 Å². The van der Waals surface area contributed by atoms with E-state index in [4.69, 9.17) is 0 Å². The first kappa shape index (κ1) is 14.6. The molecule has 2 rings (SSSR count). The van der Waals surface area contributed by atoms with Gasteiger partial charge in [0.25, 0.3) is 0 Å². The van der Waals surface area contributed by atoms with Crippen LogP contribution in [-0.4, -0.2) is 16.0 Å². The maximum Gasteiger partial charge on any atom is 0.408 e. The number of benzene rings is 1. The Labute approximate surface area is 116 Å². The van der Waals surface area contributed by atoms with Crippen molar-refractivity contribution >= 4 is 0 Å². The zero-order valence-corrected chi connectivity index (χ0v) is 11.7. The topological polar surface area (TPSA) is 17.8 Å². The molecule has 0 saturated heterocycles. The van der Waals surface area contributed by atoms with Crippen molar-refractivity contribution in [1.29, 1.82) is 0 Å². The molecule has 0 N–H and O–H groups in total. The second-order valence-corrected chi connectivity index (χ2v) is 5.82. The van der Waals surface area contributed by atoms with E-state index < -0.39 is 12.7 Å². The SMILES string of the molecule is CC(C)(C)c1nn(CC(F)(F)F)cc1-c1ccccc1. The molecule has 0 fully saturated rings.